The third-order valence-electron chi connectivity index (χ3n) is 4.36. The van der Waals surface area contributed by atoms with Crippen LogP contribution in [0, 0.1) is 0 Å². The molecule has 0 spiro atoms. The van der Waals surface area contributed by atoms with Crippen molar-refractivity contribution in [3.8, 4) is 5.75 Å². The molecule has 4 rings (SSSR count). The van der Waals surface area contributed by atoms with Gasteiger partial charge in [0.2, 0.25) is 15.0 Å². The minimum Gasteiger partial charge on any atom is -0.486 e. The Balaban J connectivity index is 1.42. The molecule has 32 heavy (non-hydrogen) atoms. The molecule has 4 aromatic rings. The van der Waals surface area contributed by atoms with Gasteiger partial charge in [-0.1, -0.05) is 24.3 Å². The fourth-order valence-corrected chi connectivity index (χ4v) is 3.69. The minimum atomic E-state index is -3.68. The van der Waals surface area contributed by atoms with Crippen molar-refractivity contribution in [1.29, 1.82) is 0 Å². The summed E-state index contributed by atoms with van der Waals surface area (Å²) in [6, 6.07) is 16.9. The van der Waals surface area contributed by atoms with Gasteiger partial charge in [-0.05, 0) is 36.4 Å². The van der Waals surface area contributed by atoms with Gasteiger partial charge >= 0.3 is 5.91 Å². The highest BCUT2D eigenvalue weighted by Crippen LogP contribution is 2.17. The second kappa shape index (κ2) is 8.55. The molecular weight excluding hydrogens is 436 g/mol. The van der Waals surface area contributed by atoms with Crippen LogP contribution in [0.15, 0.2) is 76.4 Å². The summed E-state index contributed by atoms with van der Waals surface area (Å²) >= 11 is 0. The summed E-state index contributed by atoms with van der Waals surface area (Å²) in [5.41, 5.74) is 4.57. The van der Waals surface area contributed by atoms with Crippen molar-refractivity contribution in [3.05, 3.63) is 84.1 Å². The molecule has 3 aromatic heterocycles. The lowest BCUT2D eigenvalue weighted by atomic mass is 10.3. The Bertz CT molecular complexity index is 1390. The number of benzene rings is 1. The number of imidazole rings is 1. The van der Waals surface area contributed by atoms with E-state index >= 15 is 0 Å². The van der Waals surface area contributed by atoms with E-state index in [4.69, 9.17) is 9.15 Å². The van der Waals surface area contributed by atoms with Crippen molar-refractivity contribution in [1.82, 2.24) is 20.2 Å². The maximum Gasteiger partial charge on any atom is 0.305 e. The van der Waals surface area contributed by atoms with E-state index in [0.717, 1.165) is 6.26 Å². The molecule has 0 aliphatic rings. The molecule has 3 heterocycles. The van der Waals surface area contributed by atoms with Crippen LogP contribution in [0.1, 0.15) is 26.8 Å². The number of nitrogens with one attached hydrogen (secondary N) is 2. The van der Waals surface area contributed by atoms with E-state index < -0.39 is 21.7 Å². The first-order valence-corrected chi connectivity index (χ1v) is 11.3. The predicted molar refractivity (Wildman–Crippen MR) is 113 cm³/mol. The monoisotopic (exact) mass is 454 g/mol. The highest BCUT2D eigenvalue weighted by atomic mass is 32.2. The third kappa shape index (κ3) is 4.47. The summed E-state index contributed by atoms with van der Waals surface area (Å²) in [5.74, 6) is -0.443. The second-order valence-electron chi connectivity index (χ2n) is 6.75. The number of aromatic nitrogens is 2. The number of furan rings is 1. The zero-order chi connectivity index (χ0) is 22.7. The van der Waals surface area contributed by atoms with E-state index in [9.17, 15) is 18.0 Å². The van der Waals surface area contributed by atoms with E-state index in [-0.39, 0.29) is 28.7 Å². The number of hydrogen-bond donors (Lipinski definition) is 2. The molecule has 11 heteroatoms. The van der Waals surface area contributed by atoms with Gasteiger partial charge in [0.15, 0.2) is 11.5 Å². The summed E-state index contributed by atoms with van der Waals surface area (Å²) in [5, 5.41) is -0.279. The van der Waals surface area contributed by atoms with Gasteiger partial charge < -0.3 is 9.15 Å². The molecule has 164 valence electrons. The average molecular weight is 454 g/mol. The Morgan fingerprint density at radius 3 is 2.47 bits per heavy atom. The smallest absolute Gasteiger partial charge is 0.305 e. The predicted octanol–water partition coefficient (Wildman–Crippen LogP) is 1.98. The summed E-state index contributed by atoms with van der Waals surface area (Å²) in [6.07, 6.45) is 2.48. The Labute approximate surface area is 182 Å². The fourth-order valence-electron chi connectivity index (χ4n) is 2.92. The summed E-state index contributed by atoms with van der Waals surface area (Å²) in [4.78, 5) is 28.8. The SMILES string of the molecule is CS(=O)(=O)c1nc(C(=O)NNC(=O)c2ccc(COc3ccccc3)o2)c2ccccn12. The average Bonchev–Trinajstić information content (AvgIpc) is 3.41. The van der Waals surface area contributed by atoms with Gasteiger partial charge in [-0.25, -0.2) is 13.4 Å². The van der Waals surface area contributed by atoms with Gasteiger partial charge in [0, 0.05) is 12.5 Å². The van der Waals surface area contributed by atoms with Crippen molar-refractivity contribution < 1.29 is 27.2 Å². The molecule has 0 atom stereocenters. The third-order valence-corrected chi connectivity index (χ3v) is 5.31. The second-order valence-corrected chi connectivity index (χ2v) is 8.66. The first kappa shape index (κ1) is 21.1. The maximum absolute atomic E-state index is 12.6. The highest BCUT2D eigenvalue weighted by Gasteiger charge is 2.23. The normalized spacial score (nSPS) is 11.3. The number of carbonyl (C=O) groups excluding carboxylic acids is 2. The van der Waals surface area contributed by atoms with Gasteiger partial charge in [0.25, 0.3) is 5.91 Å². The Hall–Kier alpha value is -4.12. The van der Waals surface area contributed by atoms with Crippen molar-refractivity contribution in [2.45, 2.75) is 11.8 Å². The van der Waals surface area contributed by atoms with Crippen LogP contribution >= 0.6 is 0 Å². The number of amides is 2. The van der Waals surface area contributed by atoms with Crippen LogP contribution in [-0.2, 0) is 16.4 Å². The van der Waals surface area contributed by atoms with Crippen molar-refractivity contribution in [2.24, 2.45) is 0 Å². The number of sulfone groups is 1. The van der Waals surface area contributed by atoms with Crippen LogP contribution in [0.3, 0.4) is 0 Å². The quantitative estimate of drug-likeness (QED) is 0.426. The maximum atomic E-state index is 12.6. The Kier molecular flexibility index (Phi) is 5.65. The van der Waals surface area contributed by atoms with Crippen LogP contribution in [0.5, 0.6) is 5.75 Å². The van der Waals surface area contributed by atoms with Gasteiger partial charge in [0.05, 0.1) is 5.52 Å². The van der Waals surface area contributed by atoms with Crippen molar-refractivity contribution >= 4 is 27.2 Å². The van der Waals surface area contributed by atoms with Crippen LogP contribution in [-0.4, -0.2) is 35.9 Å². The molecule has 0 saturated carbocycles. The van der Waals surface area contributed by atoms with E-state index in [0.29, 0.717) is 11.5 Å². The standard InChI is InChI=1S/C21H18N4O6S/c1-32(28,29)21-22-18(16-9-5-6-12-25(16)21)20(27)24-23-19(26)17-11-10-15(31-17)13-30-14-7-3-2-4-8-14/h2-12H,13H2,1H3,(H,23,26)(H,24,27). The number of fused-ring (bicyclic) bond motifs is 1. The Morgan fingerprint density at radius 1 is 1.00 bits per heavy atom. The largest absolute Gasteiger partial charge is 0.486 e. The summed E-state index contributed by atoms with van der Waals surface area (Å²) in [6.45, 7) is 0.124. The van der Waals surface area contributed by atoms with E-state index in [2.05, 4.69) is 15.8 Å². The zero-order valence-corrected chi connectivity index (χ0v) is 17.6. The molecule has 0 radical (unpaired) electrons. The van der Waals surface area contributed by atoms with E-state index in [1.165, 1.54) is 16.7 Å². The van der Waals surface area contributed by atoms with Gasteiger partial charge in [0.1, 0.15) is 18.1 Å². The van der Waals surface area contributed by atoms with Gasteiger partial charge in [-0.3, -0.25) is 24.8 Å². The van der Waals surface area contributed by atoms with Crippen LogP contribution in [0.4, 0.5) is 0 Å². The van der Waals surface area contributed by atoms with Gasteiger partial charge in [-0.15, -0.1) is 0 Å². The molecule has 2 N–H and O–H groups in total. The molecule has 0 unspecified atom stereocenters. The number of pyridine rings is 1. The summed E-state index contributed by atoms with van der Waals surface area (Å²) in [7, 11) is -3.68. The molecule has 1 aromatic carbocycles. The number of hydrazine groups is 1. The van der Waals surface area contributed by atoms with Crippen LogP contribution in [0.2, 0.25) is 0 Å². The molecule has 0 aliphatic carbocycles. The number of para-hydroxylation sites is 1. The molecule has 0 saturated heterocycles. The first-order chi connectivity index (χ1) is 15.3. The lowest BCUT2D eigenvalue weighted by molar-refractivity contribution is 0.0827. The number of nitrogens with zero attached hydrogens (tertiary/aromatic N) is 2. The van der Waals surface area contributed by atoms with E-state index in [1.54, 1.807) is 36.4 Å². The Morgan fingerprint density at radius 2 is 1.72 bits per heavy atom. The van der Waals surface area contributed by atoms with Crippen molar-refractivity contribution in [2.75, 3.05) is 6.26 Å². The number of hydrogen-bond acceptors (Lipinski definition) is 7. The topological polar surface area (TPSA) is 132 Å². The highest BCUT2D eigenvalue weighted by molar-refractivity contribution is 7.90. The molecule has 2 amide bonds. The number of carbonyl (C=O) groups is 2. The molecule has 0 bridgehead atoms. The molecule has 10 nitrogen and oxygen atoms in total. The minimum absolute atomic E-state index is 0.0384. The number of rotatable bonds is 6. The van der Waals surface area contributed by atoms with Gasteiger partial charge in [-0.2, -0.15) is 0 Å². The lowest BCUT2D eigenvalue weighted by Crippen LogP contribution is -2.41. The fraction of sp³-hybridized carbons (Fsp3) is 0.0952. The lowest BCUT2D eigenvalue weighted by Gasteiger charge is -2.05. The van der Waals surface area contributed by atoms with Crippen molar-refractivity contribution in [3.63, 3.8) is 0 Å². The van der Waals surface area contributed by atoms with E-state index in [1.807, 2.05) is 18.2 Å². The van der Waals surface area contributed by atoms with Crippen LogP contribution < -0.4 is 15.6 Å². The number of ether oxygens (including phenoxy) is 1. The molecule has 0 fully saturated rings. The first-order valence-electron chi connectivity index (χ1n) is 9.37. The van der Waals surface area contributed by atoms with Crippen LogP contribution in [0.25, 0.3) is 5.52 Å². The molecular formula is C21H18N4O6S. The summed E-state index contributed by atoms with van der Waals surface area (Å²) < 4.78 is 36.2. The molecule has 0 aliphatic heterocycles. The zero-order valence-electron chi connectivity index (χ0n) is 16.8.